The highest BCUT2D eigenvalue weighted by Gasteiger charge is 2.19. The molecule has 1 unspecified atom stereocenters. The third-order valence-corrected chi connectivity index (χ3v) is 4.45. The largest absolute Gasteiger partial charge is 0.329 e. The second-order valence-electron chi connectivity index (χ2n) is 5.37. The van der Waals surface area contributed by atoms with Gasteiger partial charge in [-0.15, -0.1) is 11.3 Å². The highest BCUT2D eigenvalue weighted by atomic mass is 32.1. The molecule has 0 saturated heterocycles. The number of likely N-dealkylation sites (N-methyl/N-ethyl adjacent to an activating group) is 1. The monoisotopic (exact) mass is 293 g/mol. The van der Waals surface area contributed by atoms with E-state index >= 15 is 0 Å². The molecule has 2 rings (SSSR count). The van der Waals surface area contributed by atoms with Crippen molar-refractivity contribution < 1.29 is 0 Å². The first-order valence-electron chi connectivity index (χ1n) is 6.86. The minimum Gasteiger partial charge on any atom is -0.329 e. The molecule has 0 aliphatic rings. The SMILES string of the molecule is Cc1ncsc1CN(C)C(CN)c1cnn(C(C)C)c1. The summed E-state index contributed by atoms with van der Waals surface area (Å²) in [5.74, 6) is 0. The van der Waals surface area contributed by atoms with Crippen LogP contribution in [-0.4, -0.2) is 33.3 Å². The quantitative estimate of drug-likeness (QED) is 0.888. The fourth-order valence-electron chi connectivity index (χ4n) is 2.19. The van der Waals surface area contributed by atoms with Crippen LogP contribution >= 0.6 is 11.3 Å². The maximum Gasteiger partial charge on any atom is 0.0798 e. The number of rotatable bonds is 6. The van der Waals surface area contributed by atoms with E-state index in [1.807, 2.05) is 23.3 Å². The van der Waals surface area contributed by atoms with Gasteiger partial charge in [-0.05, 0) is 27.8 Å². The Labute approximate surface area is 124 Å². The third-order valence-electron chi connectivity index (χ3n) is 3.53. The maximum atomic E-state index is 5.97. The van der Waals surface area contributed by atoms with E-state index in [1.54, 1.807) is 11.3 Å². The molecule has 2 N–H and O–H groups in total. The highest BCUT2D eigenvalue weighted by molar-refractivity contribution is 7.09. The number of aromatic nitrogens is 3. The Morgan fingerprint density at radius 1 is 1.45 bits per heavy atom. The van der Waals surface area contributed by atoms with Crippen molar-refractivity contribution in [2.24, 2.45) is 5.73 Å². The van der Waals surface area contributed by atoms with Crippen molar-refractivity contribution >= 4 is 11.3 Å². The van der Waals surface area contributed by atoms with Crippen LogP contribution in [0.5, 0.6) is 0 Å². The summed E-state index contributed by atoms with van der Waals surface area (Å²) in [6, 6.07) is 0.556. The average Bonchev–Trinajstić information content (AvgIpc) is 3.01. The summed E-state index contributed by atoms with van der Waals surface area (Å²) in [4.78, 5) is 7.86. The van der Waals surface area contributed by atoms with Gasteiger partial charge >= 0.3 is 0 Å². The minimum absolute atomic E-state index is 0.184. The van der Waals surface area contributed by atoms with Crippen molar-refractivity contribution in [3.8, 4) is 0 Å². The average molecular weight is 293 g/mol. The third kappa shape index (κ3) is 3.26. The molecule has 0 aliphatic heterocycles. The summed E-state index contributed by atoms with van der Waals surface area (Å²) in [5, 5.41) is 4.41. The molecule has 0 fully saturated rings. The van der Waals surface area contributed by atoms with Gasteiger partial charge in [-0.2, -0.15) is 5.10 Å². The molecule has 5 nitrogen and oxygen atoms in total. The van der Waals surface area contributed by atoms with Crippen LogP contribution in [0.3, 0.4) is 0 Å². The van der Waals surface area contributed by atoms with Crippen molar-refractivity contribution in [2.75, 3.05) is 13.6 Å². The van der Waals surface area contributed by atoms with Gasteiger partial charge in [0, 0.05) is 35.8 Å². The summed E-state index contributed by atoms with van der Waals surface area (Å²) < 4.78 is 1.98. The number of hydrogen-bond acceptors (Lipinski definition) is 5. The van der Waals surface area contributed by atoms with E-state index in [4.69, 9.17) is 5.73 Å². The topological polar surface area (TPSA) is 60.0 Å². The predicted octanol–water partition coefficient (Wildman–Crippen LogP) is 2.36. The van der Waals surface area contributed by atoms with E-state index in [2.05, 4.69) is 42.1 Å². The number of thiazole rings is 1. The van der Waals surface area contributed by atoms with Crippen LogP contribution in [0.1, 0.15) is 42.1 Å². The first-order chi connectivity index (χ1) is 9.52. The van der Waals surface area contributed by atoms with Crippen molar-refractivity contribution in [2.45, 2.75) is 39.4 Å². The number of nitrogens with two attached hydrogens (primary N) is 1. The van der Waals surface area contributed by atoms with E-state index < -0.39 is 0 Å². The van der Waals surface area contributed by atoms with Crippen molar-refractivity contribution in [3.05, 3.63) is 34.0 Å². The lowest BCUT2D eigenvalue weighted by Gasteiger charge is -2.25. The Bertz CT molecular complexity index is 545. The van der Waals surface area contributed by atoms with E-state index in [-0.39, 0.29) is 6.04 Å². The Morgan fingerprint density at radius 3 is 2.70 bits per heavy atom. The van der Waals surface area contributed by atoms with Crippen LogP contribution in [0, 0.1) is 6.92 Å². The Hall–Kier alpha value is -1.24. The molecule has 20 heavy (non-hydrogen) atoms. The van der Waals surface area contributed by atoms with Crippen LogP contribution in [0.4, 0.5) is 0 Å². The molecule has 2 heterocycles. The lowest BCUT2D eigenvalue weighted by atomic mass is 10.1. The number of aryl methyl sites for hydroxylation is 1. The maximum absolute atomic E-state index is 5.97. The smallest absolute Gasteiger partial charge is 0.0798 e. The van der Waals surface area contributed by atoms with Gasteiger partial charge in [0.25, 0.3) is 0 Å². The predicted molar refractivity (Wildman–Crippen MR) is 82.7 cm³/mol. The van der Waals surface area contributed by atoms with Gasteiger partial charge in [0.15, 0.2) is 0 Å². The first kappa shape index (κ1) is 15.2. The molecule has 6 heteroatoms. The summed E-state index contributed by atoms with van der Waals surface area (Å²) in [7, 11) is 2.10. The highest BCUT2D eigenvalue weighted by Crippen LogP contribution is 2.23. The molecule has 0 saturated carbocycles. The Morgan fingerprint density at radius 2 is 2.20 bits per heavy atom. The molecule has 0 aromatic carbocycles. The fraction of sp³-hybridized carbons (Fsp3) is 0.571. The normalized spacial score (nSPS) is 13.3. The van der Waals surface area contributed by atoms with Gasteiger partial charge < -0.3 is 5.73 Å². The van der Waals surface area contributed by atoms with Crippen molar-refractivity contribution in [3.63, 3.8) is 0 Å². The second-order valence-corrected chi connectivity index (χ2v) is 6.31. The van der Waals surface area contributed by atoms with E-state index in [1.165, 1.54) is 10.4 Å². The van der Waals surface area contributed by atoms with Gasteiger partial charge in [0.2, 0.25) is 0 Å². The summed E-state index contributed by atoms with van der Waals surface area (Å²) in [6.07, 6.45) is 4.02. The number of hydrogen-bond donors (Lipinski definition) is 1. The molecular weight excluding hydrogens is 270 g/mol. The molecule has 2 aromatic heterocycles. The van der Waals surface area contributed by atoms with Crippen molar-refractivity contribution in [1.82, 2.24) is 19.7 Å². The minimum atomic E-state index is 0.184. The molecule has 0 radical (unpaired) electrons. The van der Waals surface area contributed by atoms with Crippen LogP contribution in [0.2, 0.25) is 0 Å². The molecule has 0 aliphatic carbocycles. The Balaban J connectivity index is 2.12. The van der Waals surface area contributed by atoms with E-state index in [9.17, 15) is 0 Å². The molecule has 0 spiro atoms. The molecule has 0 bridgehead atoms. The van der Waals surface area contributed by atoms with Gasteiger partial charge in [0.05, 0.1) is 23.4 Å². The molecule has 0 amide bonds. The lowest BCUT2D eigenvalue weighted by molar-refractivity contribution is 0.243. The van der Waals surface area contributed by atoms with Gasteiger partial charge in [0.1, 0.15) is 0 Å². The second kappa shape index (κ2) is 6.47. The molecule has 2 aromatic rings. The zero-order chi connectivity index (χ0) is 14.7. The number of nitrogens with zero attached hydrogens (tertiary/aromatic N) is 4. The van der Waals surface area contributed by atoms with Gasteiger partial charge in [-0.1, -0.05) is 0 Å². The van der Waals surface area contributed by atoms with E-state index in [0.717, 1.165) is 12.2 Å². The van der Waals surface area contributed by atoms with Crippen LogP contribution in [0.25, 0.3) is 0 Å². The van der Waals surface area contributed by atoms with Crippen molar-refractivity contribution in [1.29, 1.82) is 0 Å². The summed E-state index contributed by atoms with van der Waals surface area (Å²) in [6.45, 7) is 7.74. The van der Waals surface area contributed by atoms with Gasteiger partial charge in [-0.25, -0.2) is 4.98 Å². The standard InChI is InChI=1S/C14H23N5S/c1-10(2)19-7-12(6-17-19)13(5-15)18(4)8-14-11(3)16-9-20-14/h6-7,9-10,13H,5,8,15H2,1-4H3. The summed E-state index contributed by atoms with van der Waals surface area (Å²) >= 11 is 1.70. The zero-order valence-corrected chi connectivity index (χ0v) is 13.4. The Kier molecular flexibility index (Phi) is 4.91. The van der Waals surface area contributed by atoms with Crippen LogP contribution in [-0.2, 0) is 6.54 Å². The van der Waals surface area contributed by atoms with Crippen LogP contribution < -0.4 is 5.73 Å². The molecule has 110 valence electrons. The van der Waals surface area contributed by atoms with E-state index in [0.29, 0.717) is 12.6 Å². The zero-order valence-electron chi connectivity index (χ0n) is 12.6. The summed E-state index contributed by atoms with van der Waals surface area (Å²) in [5.41, 5.74) is 10.1. The first-order valence-corrected chi connectivity index (χ1v) is 7.74. The fourth-order valence-corrected chi connectivity index (χ4v) is 3.03. The van der Waals surface area contributed by atoms with Gasteiger partial charge in [-0.3, -0.25) is 9.58 Å². The van der Waals surface area contributed by atoms with Crippen LogP contribution in [0.15, 0.2) is 17.9 Å². The lowest BCUT2D eigenvalue weighted by Crippen LogP contribution is -2.29. The molecular formula is C14H23N5S. The molecule has 1 atom stereocenters.